The number of nitrogens with zero attached hydrogens (tertiary/aromatic N) is 1. The third-order valence-corrected chi connectivity index (χ3v) is 5.27. The van der Waals surface area contributed by atoms with Crippen LogP contribution in [0.3, 0.4) is 0 Å². The number of hydrogen-bond acceptors (Lipinski definition) is 4. The molecule has 3 rings (SSSR count). The van der Waals surface area contributed by atoms with E-state index in [2.05, 4.69) is 17.3 Å². The average molecular weight is 280 g/mol. The average Bonchev–Trinajstić information content (AvgIpc) is 3.01. The number of nitrogens with one attached hydrogen (secondary N) is 1. The molecule has 2 aliphatic heterocycles. The Hall–Kier alpha value is -0.580. The highest BCUT2D eigenvalue weighted by atomic mass is 16.5. The Morgan fingerprint density at radius 2 is 1.90 bits per heavy atom. The van der Waals surface area contributed by atoms with Gasteiger partial charge in [0, 0.05) is 24.7 Å². The lowest BCUT2D eigenvalue weighted by molar-refractivity contribution is -0.0312. The summed E-state index contributed by atoms with van der Waals surface area (Å²) in [6, 6.07) is 0.434. The lowest BCUT2D eigenvalue weighted by Gasteiger charge is -2.49. The molecule has 0 aromatic rings. The zero-order chi connectivity index (χ0) is 13.8. The van der Waals surface area contributed by atoms with Gasteiger partial charge in [0.2, 0.25) is 0 Å². The minimum Gasteiger partial charge on any atom is -0.501 e. The SMILES string of the molecule is CNC(C1=COCCC1)C1(N2CCOCC2)CCCC1. The first-order chi connectivity index (χ1) is 9.87. The normalized spacial score (nSPS) is 28.8. The molecule has 114 valence electrons. The third kappa shape index (κ3) is 2.61. The van der Waals surface area contributed by atoms with Crippen molar-refractivity contribution in [2.24, 2.45) is 0 Å². The standard InChI is InChI=1S/C16H28N2O2/c1-17-15(14-5-4-10-20-13-14)16(6-2-3-7-16)18-8-11-19-12-9-18/h13,15,17H,2-12H2,1H3. The fraction of sp³-hybridized carbons (Fsp3) is 0.875. The predicted molar refractivity (Wildman–Crippen MR) is 79.7 cm³/mol. The first kappa shape index (κ1) is 14.4. The maximum atomic E-state index is 5.61. The molecule has 4 heteroatoms. The largest absolute Gasteiger partial charge is 0.501 e. The van der Waals surface area contributed by atoms with Crippen molar-refractivity contribution in [3.63, 3.8) is 0 Å². The van der Waals surface area contributed by atoms with Crippen molar-refractivity contribution < 1.29 is 9.47 Å². The third-order valence-electron chi connectivity index (χ3n) is 5.27. The molecule has 1 saturated heterocycles. The van der Waals surface area contributed by atoms with Crippen LogP contribution in [0.5, 0.6) is 0 Å². The van der Waals surface area contributed by atoms with E-state index in [1.807, 2.05) is 6.26 Å². The zero-order valence-electron chi connectivity index (χ0n) is 12.7. The molecule has 1 unspecified atom stereocenters. The van der Waals surface area contributed by atoms with Gasteiger partial charge < -0.3 is 14.8 Å². The molecular formula is C16H28N2O2. The van der Waals surface area contributed by atoms with Crippen LogP contribution in [0, 0.1) is 0 Å². The van der Waals surface area contributed by atoms with Crippen LogP contribution < -0.4 is 5.32 Å². The Morgan fingerprint density at radius 1 is 1.15 bits per heavy atom. The summed E-state index contributed by atoms with van der Waals surface area (Å²) in [6.07, 6.45) is 9.67. The first-order valence-corrected chi connectivity index (χ1v) is 8.17. The van der Waals surface area contributed by atoms with Crippen molar-refractivity contribution >= 4 is 0 Å². The van der Waals surface area contributed by atoms with Gasteiger partial charge in [-0.15, -0.1) is 0 Å². The minimum atomic E-state index is 0.283. The Labute approximate surface area is 122 Å². The van der Waals surface area contributed by atoms with E-state index in [9.17, 15) is 0 Å². The summed E-state index contributed by atoms with van der Waals surface area (Å²) in [5.41, 5.74) is 1.75. The van der Waals surface area contributed by atoms with Crippen LogP contribution in [0.2, 0.25) is 0 Å². The van der Waals surface area contributed by atoms with Crippen LogP contribution in [-0.4, -0.2) is 56.4 Å². The summed E-state index contributed by atoms with van der Waals surface area (Å²) >= 11 is 0. The van der Waals surface area contributed by atoms with Crippen LogP contribution in [0.15, 0.2) is 11.8 Å². The van der Waals surface area contributed by atoms with Crippen molar-refractivity contribution in [3.05, 3.63) is 11.8 Å². The summed E-state index contributed by atoms with van der Waals surface area (Å²) in [4.78, 5) is 2.69. The fourth-order valence-corrected chi connectivity index (χ4v) is 4.38. The number of morpholine rings is 1. The first-order valence-electron chi connectivity index (χ1n) is 8.17. The molecule has 20 heavy (non-hydrogen) atoms. The lowest BCUT2D eigenvalue weighted by Crippen LogP contribution is -2.62. The maximum Gasteiger partial charge on any atom is 0.0876 e. The monoisotopic (exact) mass is 280 g/mol. The minimum absolute atomic E-state index is 0.283. The van der Waals surface area contributed by atoms with Gasteiger partial charge in [0.25, 0.3) is 0 Å². The molecule has 1 atom stereocenters. The van der Waals surface area contributed by atoms with Gasteiger partial charge in [0.15, 0.2) is 0 Å². The van der Waals surface area contributed by atoms with E-state index in [4.69, 9.17) is 9.47 Å². The molecule has 4 nitrogen and oxygen atoms in total. The van der Waals surface area contributed by atoms with Gasteiger partial charge in [-0.3, -0.25) is 4.90 Å². The van der Waals surface area contributed by atoms with Gasteiger partial charge in [-0.2, -0.15) is 0 Å². The van der Waals surface area contributed by atoms with Gasteiger partial charge in [-0.1, -0.05) is 12.8 Å². The molecular weight excluding hydrogens is 252 g/mol. The smallest absolute Gasteiger partial charge is 0.0876 e. The molecule has 2 heterocycles. The molecule has 2 fully saturated rings. The molecule has 0 spiro atoms. The predicted octanol–water partition coefficient (Wildman–Crippen LogP) is 1.91. The number of likely N-dealkylation sites (N-methyl/N-ethyl adjacent to an activating group) is 1. The van der Waals surface area contributed by atoms with E-state index >= 15 is 0 Å². The van der Waals surface area contributed by atoms with Crippen LogP contribution in [0.25, 0.3) is 0 Å². The summed E-state index contributed by atoms with van der Waals surface area (Å²) in [5, 5.41) is 3.62. The molecule has 0 aromatic heterocycles. The molecule has 1 saturated carbocycles. The van der Waals surface area contributed by atoms with Gasteiger partial charge in [0.1, 0.15) is 0 Å². The highest BCUT2D eigenvalue weighted by Gasteiger charge is 2.47. The molecule has 1 N–H and O–H groups in total. The summed E-state index contributed by atoms with van der Waals surface area (Å²) in [6.45, 7) is 4.80. The topological polar surface area (TPSA) is 33.7 Å². The summed E-state index contributed by atoms with van der Waals surface area (Å²) in [5.74, 6) is 0. The van der Waals surface area contributed by atoms with Gasteiger partial charge in [0.05, 0.1) is 26.1 Å². The molecule has 3 aliphatic rings. The van der Waals surface area contributed by atoms with E-state index in [0.29, 0.717) is 6.04 Å². The quantitative estimate of drug-likeness (QED) is 0.853. The van der Waals surface area contributed by atoms with Crippen LogP contribution in [0.1, 0.15) is 38.5 Å². The highest BCUT2D eigenvalue weighted by Crippen LogP contribution is 2.41. The number of rotatable bonds is 4. The Bertz CT molecular complexity index is 344. The Balaban J connectivity index is 1.85. The summed E-state index contributed by atoms with van der Waals surface area (Å²) < 4.78 is 11.2. The van der Waals surface area contributed by atoms with Crippen LogP contribution in [-0.2, 0) is 9.47 Å². The van der Waals surface area contributed by atoms with Crippen molar-refractivity contribution in [1.29, 1.82) is 0 Å². The second-order valence-electron chi connectivity index (χ2n) is 6.30. The molecule has 0 aromatic carbocycles. The van der Waals surface area contributed by atoms with E-state index in [0.717, 1.165) is 39.3 Å². The van der Waals surface area contributed by atoms with E-state index < -0.39 is 0 Å². The molecule has 0 radical (unpaired) electrons. The zero-order valence-corrected chi connectivity index (χ0v) is 12.7. The molecule has 0 bridgehead atoms. The Kier molecular flexibility index (Phi) is 4.64. The van der Waals surface area contributed by atoms with Gasteiger partial charge >= 0.3 is 0 Å². The molecule has 1 aliphatic carbocycles. The van der Waals surface area contributed by atoms with Crippen molar-refractivity contribution in [2.45, 2.75) is 50.1 Å². The second-order valence-corrected chi connectivity index (χ2v) is 6.30. The van der Waals surface area contributed by atoms with Gasteiger partial charge in [-0.05, 0) is 38.3 Å². The molecule has 0 amide bonds. The van der Waals surface area contributed by atoms with Crippen molar-refractivity contribution in [2.75, 3.05) is 40.0 Å². The van der Waals surface area contributed by atoms with E-state index in [1.54, 1.807) is 0 Å². The fourth-order valence-electron chi connectivity index (χ4n) is 4.38. The lowest BCUT2D eigenvalue weighted by atomic mass is 9.80. The Morgan fingerprint density at radius 3 is 2.50 bits per heavy atom. The van der Waals surface area contributed by atoms with Crippen LogP contribution in [0.4, 0.5) is 0 Å². The second kappa shape index (κ2) is 6.46. The van der Waals surface area contributed by atoms with E-state index in [-0.39, 0.29) is 5.54 Å². The van der Waals surface area contributed by atoms with Gasteiger partial charge in [-0.25, -0.2) is 0 Å². The maximum absolute atomic E-state index is 5.61. The number of hydrogen-bond donors (Lipinski definition) is 1. The van der Waals surface area contributed by atoms with Crippen molar-refractivity contribution in [1.82, 2.24) is 10.2 Å². The van der Waals surface area contributed by atoms with Crippen molar-refractivity contribution in [3.8, 4) is 0 Å². The highest BCUT2D eigenvalue weighted by molar-refractivity contribution is 5.21. The van der Waals surface area contributed by atoms with E-state index in [1.165, 1.54) is 37.7 Å². The number of ether oxygens (including phenoxy) is 2. The van der Waals surface area contributed by atoms with Crippen LogP contribution >= 0.6 is 0 Å². The summed E-state index contributed by atoms with van der Waals surface area (Å²) in [7, 11) is 2.11.